The molecule has 0 amide bonds. The lowest BCUT2D eigenvalue weighted by atomic mass is 10.2. The molecule has 0 aliphatic carbocycles. The molecule has 2 aromatic carbocycles. The van der Waals surface area contributed by atoms with Gasteiger partial charge < -0.3 is 9.72 Å². The molecular weight excluding hydrogens is 407 g/mol. The summed E-state index contributed by atoms with van der Waals surface area (Å²) in [5.74, 6) is -0.213. The molecule has 2 N–H and O–H groups in total. The number of rotatable bonds is 7. The van der Waals surface area contributed by atoms with Gasteiger partial charge in [0.1, 0.15) is 11.6 Å². The third-order valence-corrected chi connectivity index (χ3v) is 5.53. The summed E-state index contributed by atoms with van der Waals surface area (Å²) in [5, 5.41) is 0. The third-order valence-electron chi connectivity index (χ3n) is 4.07. The van der Waals surface area contributed by atoms with E-state index in [-0.39, 0.29) is 4.90 Å². The Bertz CT molecular complexity index is 1070. The lowest BCUT2D eigenvalue weighted by molar-refractivity contribution is -0.274. The van der Waals surface area contributed by atoms with Gasteiger partial charge in [-0.15, -0.1) is 13.2 Å². The normalized spacial score (nSPS) is 13.2. The predicted molar refractivity (Wildman–Crippen MR) is 101 cm³/mol. The topological polar surface area (TPSA) is 84.1 Å². The van der Waals surface area contributed by atoms with Crippen LogP contribution in [0.1, 0.15) is 25.2 Å². The highest BCUT2D eigenvalue weighted by Gasteiger charge is 2.31. The SMILES string of the molecule is CCC(NS(=O)(=O)c1cccc(OC(F)(F)F)c1)c1ncc(-c2ccccc2)[nH]1. The first kappa shape index (κ1) is 20.9. The van der Waals surface area contributed by atoms with Gasteiger partial charge in [-0.3, -0.25) is 0 Å². The second-order valence-electron chi connectivity index (χ2n) is 6.15. The minimum atomic E-state index is -4.91. The van der Waals surface area contributed by atoms with E-state index >= 15 is 0 Å². The largest absolute Gasteiger partial charge is 0.573 e. The van der Waals surface area contributed by atoms with E-state index in [9.17, 15) is 21.6 Å². The summed E-state index contributed by atoms with van der Waals surface area (Å²) < 4.78 is 68.8. The van der Waals surface area contributed by atoms with Gasteiger partial charge >= 0.3 is 6.36 Å². The molecule has 6 nitrogen and oxygen atoms in total. The van der Waals surface area contributed by atoms with Gasteiger partial charge in [0.05, 0.1) is 22.8 Å². The Labute approximate surface area is 165 Å². The summed E-state index contributed by atoms with van der Waals surface area (Å²) in [4.78, 5) is 7.00. The highest BCUT2D eigenvalue weighted by Crippen LogP contribution is 2.26. The molecule has 0 fully saturated rings. The first-order valence-corrected chi connectivity index (χ1v) is 10.1. The van der Waals surface area contributed by atoms with Crippen molar-refractivity contribution in [3.63, 3.8) is 0 Å². The number of aromatic amines is 1. The maximum absolute atomic E-state index is 12.7. The van der Waals surface area contributed by atoms with Gasteiger partial charge in [0.15, 0.2) is 0 Å². The van der Waals surface area contributed by atoms with Crippen molar-refractivity contribution < 1.29 is 26.3 Å². The fourth-order valence-electron chi connectivity index (χ4n) is 2.70. The molecule has 0 bridgehead atoms. The number of hydrogen-bond donors (Lipinski definition) is 2. The molecule has 0 saturated carbocycles. The number of alkyl halides is 3. The maximum atomic E-state index is 12.7. The van der Waals surface area contributed by atoms with Crippen LogP contribution in [0.15, 0.2) is 65.7 Å². The van der Waals surface area contributed by atoms with E-state index in [4.69, 9.17) is 0 Å². The van der Waals surface area contributed by atoms with Crippen molar-refractivity contribution >= 4 is 10.0 Å². The molecule has 0 aliphatic heterocycles. The Morgan fingerprint density at radius 1 is 1.14 bits per heavy atom. The molecule has 1 aromatic heterocycles. The molecule has 0 radical (unpaired) electrons. The molecule has 1 unspecified atom stereocenters. The molecule has 1 heterocycles. The van der Waals surface area contributed by atoms with Gasteiger partial charge in [-0.25, -0.2) is 18.1 Å². The van der Waals surface area contributed by atoms with Gasteiger partial charge in [-0.1, -0.05) is 43.3 Å². The van der Waals surface area contributed by atoms with Gasteiger partial charge in [0, 0.05) is 6.07 Å². The summed E-state index contributed by atoms with van der Waals surface area (Å²) in [6.07, 6.45) is -2.94. The molecule has 0 saturated heterocycles. The summed E-state index contributed by atoms with van der Waals surface area (Å²) in [6, 6.07) is 12.9. The molecule has 1 atom stereocenters. The Morgan fingerprint density at radius 3 is 2.52 bits per heavy atom. The second-order valence-corrected chi connectivity index (χ2v) is 7.87. The number of nitrogens with zero attached hydrogens (tertiary/aromatic N) is 1. The zero-order valence-electron chi connectivity index (χ0n) is 15.3. The first-order chi connectivity index (χ1) is 13.7. The van der Waals surface area contributed by atoms with Crippen LogP contribution in [0.25, 0.3) is 11.3 Å². The molecule has 0 aliphatic rings. The number of nitrogens with one attached hydrogen (secondary N) is 2. The van der Waals surface area contributed by atoms with E-state index in [1.54, 1.807) is 13.1 Å². The number of H-pyrrole nitrogens is 1. The number of imidazole rings is 1. The van der Waals surface area contributed by atoms with Gasteiger partial charge in [-0.05, 0) is 24.1 Å². The van der Waals surface area contributed by atoms with Crippen LogP contribution in [0.3, 0.4) is 0 Å². The van der Waals surface area contributed by atoms with E-state index in [1.807, 2.05) is 30.3 Å². The molecular formula is C19H18F3N3O3S. The Balaban J connectivity index is 1.82. The number of sulfonamides is 1. The number of aromatic nitrogens is 2. The molecule has 3 rings (SSSR count). The fraction of sp³-hybridized carbons (Fsp3) is 0.211. The second kappa shape index (κ2) is 8.26. The van der Waals surface area contributed by atoms with E-state index in [0.717, 1.165) is 23.4 Å². The summed E-state index contributed by atoms with van der Waals surface area (Å²) in [7, 11) is -4.11. The monoisotopic (exact) mass is 425 g/mol. The van der Waals surface area contributed by atoms with Crippen molar-refractivity contribution in [2.24, 2.45) is 0 Å². The van der Waals surface area contributed by atoms with Crippen LogP contribution in [0, 0.1) is 0 Å². The Hall–Kier alpha value is -2.85. The average molecular weight is 425 g/mol. The van der Waals surface area contributed by atoms with Crippen molar-refractivity contribution in [2.45, 2.75) is 30.6 Å². The Kier molecular flexibility index (Phi) is 5.94. The van der Waals surface area contributed by atoms with Crippen LogP contribution >= 0.6 is 0 Å². The zero-order chi connectivity index (χ0) is 21.1. The number of ether oxygens (including phenoxy) is 1. The minimum absolute atomic E-state index is 0.340. The lowest BCUT2D eigenvalue weighted by Crippen LogP contribution is -2.29. The van der Waals surface area contributed by atoms with E-state index in [0.29, 0.717) is 12.2 Å². The highest BCUT2D eigenvalue weighted by atomic mass is 32.2. The lowest BCUT2D eigenvalue weighted by Gasteiger charge is -2.16. The fourth-order valence-corrected chi connectivity index (χ4v) is 4.02. The van der Waals surface area contributed by atoms with E-state index in [1.165, 1.54) is 12.1 Å². The van der Waals surface area contributed by atoms with Gasteiger partial charge in [0.2, 0.25) is 10.0 Å². The highest BCUT2D eigenvalue weighted by molar-refractivity contribution is 7.89. The van der Waals surface area contributed by atoms with Crippen LogP contribution < -0.4 is 9.46 Å². The van der Waals surface area contributed by atoms with Crippen LogP contribution in [-0.2, 0) is 10.0 Å². The van der Waals surface area contributed by atoms with Crippen LogP contribution in [-0.4, -0.2) is 24.7 Å². The number of benzene rings is 2. The zero-order valence-corrected chi connectivity index (χ0v) is 16.1. The Morgan fingerprint density at radius 2 is 1.86 bits per heavy atom. The van der Waals surface area contributed by atoms with Crippen LogP contribution in [0.5, 0.6) is 5.75 Å². The van der Waals surface area contributed by atoms with Gasteiger partial charge in [0.25, 0.3) is 0 Å². The van der Waals surface area contributed by atoms with E-state index in [2.05, 4.69) is 19.4 Å². The van der Waals surface area contributed by atoms with Crippen LogP contribution in [0.4, 0.5) is 13.2 Å². The molecule has 0 spiro atoms. The maximum Gasteiger partial charge on any atom is 0.573 e. The van der Waals surface area contributed by atoms with Crippen molar-refractivity contribution in [1.29, 1.82) is 0 Å². The van der Waals surface area contributed by atoms with Crippen molar-refractivity contribution in [1.82, 2.24) is 14.7 Å². The average Bonchev–Trinajstić information content (AvgIpc) is 3.16. The van der Waals surface area contributed by atoms with Crippen molar-refractivity contribution in [2.75, 3.05) is 0 Å². The third kappa shape index (κ3) is 5.36. The summed E-state index contributed by atoms with van der Waals surface area (Å²) >= 11 is 0. The first-order valence-electron chi connectivity index (χ1n) is 8.66. The quantitative estimate of drug-likeness (QED) is 0.588. The molecule has 10 heteroatoms. The number of halogens is 3. The predicted octanol–water partition coefficient (Wildman–Crippen LogP) is 4.40. The number of hydrogen-bond acceptors (Lipinski definition) is 4. The van der Waals surface area contributed by atoms with Crippen LogP contribution in [0.2, 0.25) is 0 Å². The molecule has 3 aromatic rings. The molecule has 29 heavy (non-hydrogen) atoms. The van der Waals surface area contributed by atoms with Crippen molar-refractivity contribution in [3.8, 4) is 17.0 Å². The van der Waals surface area contributed by atoms with E-state index < -0.39 is 28.2 Å². The summed E-state index contributed by atoms with van der Waals surface area (Å²) in [6.45, 7) is 1.76. The minimum Gasteiger partial charge on any atom is -0.406 e. The molecule has 154 valence electrons. The van der Waals surface area contributed by atoms with Crippen molar-refractivity contribution in [3.05, 3.63) is 66.6 Å². The standard InChI is InChI=1S/C19H18F3N3O3S/c1-2-16(18-23-12-17(24-18)13-7-4-3-5-8-13)25-29(26,27)15-10-6-9-14(11-15)28-19(20,21)22/h3-12,16,25H,2H2,1H3,(H,23,24). The van der Waals surface area contributed by atoms with Gasteiger partial charge in [-0.2, -0.15) is 0 Å². The smallest absolute Gasteiger partial charge is 0.406 e. The summed E-state index contributed by atoms with van der Waals surface area (Å²) in [5.41, 5.74) is 1.61.